The van der Waals surface area contributed by atoms with Crippen LogP contribution in [-0.4, -0.2) is 26.2 Å². The van der Waals surface area contributed by atoms with Crippen LogP contribution in [0.15, 0.2) is 55.1 Å². The van der Waals surface area contributed by atoms with E-state index in [9.17, 15) is 9.90 Å². The SMILES string of the molecule is O=C(C=Cc1cnccc1-c1cn[nH]c1)Nc1ccc(Cl)c(O)c1. The van der Waals surface area contributed by atoms with E-state index in [0.29, 0.717) is 5.69 Å². The minimum Gasteiger partial charge on any atom is -0.506 e. The average molecular weight is 341 g/mol. The van der Waals surface area contributed by atoms with Crippen LogP contribution in [0.4, 0.5) is 5.69 Å². The lowest BCUT2D eigenvalue weighted by atomic mass is 10.0. The fourth-order valence-electron chi connectivity index (χ4n) is 2.14. The molecule has 3 N–H and O–H groups in total. The fraction of sp³-hybridized carbons (Fsp3) is 0. The van der Waals surface area contributed by atoms with Crippen LogP contribution in [-0.2, 0) is 4.79 Å². The third kappa shape index (κ3) is 3.61. The maximum absolute atomic E-state index is 12.0. The van der Waals surface area contributed by atoms with Crippen molar-refractivity contribution in [2.45, 2.75) is 0 Å². The molecule has 1 aromatic carbocycles. The van der Waals surface area contributed by atoms with Crippen LogP contribution in [0.1, 0.15) is 5.56 Å². The summed E-state index contributed by atoms with van der Waals surface area (Å²) in [4.78, 5) is 16.1. The topological polar surface area (TPSA) is 90.9 Å². The lowest BCUT2D eigenvalue weighted by Gasteiger charge is -2.04. The number of carbonyl (C=O) groups excluding carboxylic acids is 1. The number of pyridine rings is 1. The highest BCUT2D eigenvalue weighted by atomic mass is 35.5. The number of phenolic OH excluding ortho intramolecular Hbond substituents is 1. The number of benzene rings is 1. The van der Waals surface area contributed by atoms with Crippen molar-refractivity contribution in [2.24, 2.45) is 0 Å². The Labute approximate surface area is 142 Å². The standard InChI is InChI=1S/C17H13ClN4O2/c18-15-3-2-13(7-16(15)23)22-17(24)4-1-11-8-19-6-5-14(11)12-9-20-21-10-12/h1-10,23H,(H,20,21)(H,22,24). The molecule has 0 aliphatic rings. The quantitative estimate of drug-likeness (QED) is 0.634. The summed E-state index contributed by atoms with van der Waals surface area (Å²) in [6.45, 7) is 0. The van der Waals surface area contributed by atoms with Crippen molar-refractivity contribution < 1.29 is 9.90 Å². The van der Waals surface area contributed by atoms with Crippen LogP contribution >= 0.6 is 11.6 Å². The first kappa shape index (κ1) is 15.8. The van der Waals surface area contributed by atoms with Gasteiger partial charge in [0.15, 0.2) is 0 Å². The number of aromatic nitrogens is 3. The molecule has 0 spiro atoms. The number of hydrogen-bond donors (Lipinski definition) is 3. The second-order valence-corrected chi connectivity index (χ2v) is 5.35. The minimum atomic E-state index is -0.335. The highest BCUT2D eigenvalue weighted by molar-refractivity contribution is 6.32. The molecule has 0 radical (unpaired) electrons. The molecule has 24 heavy (non-hydrogen) atoms. The number of carbonyl (C=O) groups is 1. The lowest BCUT2D eigenvalue weighted by molar-refractivity contribution is -0.111. The van der Waals surface area contributed by atoms with E-state index in [2.05, 4.69) is 20.5 Å². The van der Waals surface area contributed by atoms with E-state index in [1.165, 1.54) is 18.2 Å². The van der Waals surface area contributed by atoms with Crippen molar-refractivity contribution >= 4 is 29.3 Å². The summed E-state index contributed by atoms with van der Waals surface area (Å²) in [6, 6.07) is 6.35. The van der Waals surface area contributed by atoms with E-state index in [4.69, 9.17) is 11.6 Å². The van der Waals surface area contributed by atoms with Crippen molar-refractivity contribution in [3.63, 3.8) is 0 Å². The van der Waals surface area contributed by atoms with Crippen LogP contribution in [0.3, 0.4) is 0 Å². The normalized spacial score (nSPS) is 10.9. The van der Waals surface area contributed by atoms with E-state index in [0.717, 1.165) is 16.7 Å². The van der Waals surface area contributed by atoms with Gasteiger partial charge in [0.2, 0.25) is 5.91 Å². The molecule has 0 fully saturated rings. The van der Waals surface area contributed by atoms with Gasteiger partial charge in [-0.15, -0.1) is 0 Å². The van der Waals surface area contributed by atoms with Gasteiger partial charge in [0.1, 0.15) is 5.75 Å². The Morgan fingerprint density at radius 1 is 1.29 bits per heavy atom. The van der Waals surface area contributed by atoms with Gasteiger partial charge in [-0.05, 0) is 29.8 Å². The highest BCUT2D eigenvalue weighted by Crippen LogP contribution is 2.26. The Morgan fingerprint density at radius 3 is 2.92 bits per heavy atom. The van der Waals surface area contributed by atoms with Crippen LogP contribution in [0, 0.1) is 0 Å². The summed E-state index contributed by atoms with van der Waals surface area (Å²) >= 11 is 5.73. The van der Waals surface area contributed by atoms with Crippen LogP contribution in [0.5, 0.6) is 5.75 Å². The van der Waals surface area contributed by atoms with Gasteiger partial charge >= 0.3 is 0 Å². The molecule has 1 amide bonds. The van der Waals surface area contributed by atoms with E-state index in [1.807, 2.05) is 6.07 Å². The largest absolute Gasteiger partial charge is 0.506 e. The molecule has 120 valence electrons. The van der Waals surface area contributed by atoms with Gasteiger partial charge in [-0.1, -0.05) is 11.6 Å². The highest BCUT2D eigenvalue weighted by Gasteiger charge is 2.05. The number of halogens is 1. The minimum absolute atomic E-state index is 0.0899. The van der Waals surface area contributed by atoms with Gasteiger partial charge in [0, 0.05) is 47.5 Å². The predicted molar refractivity (Wildman–Crippen MR) is 92.6 cm³/mol. The van der Waals surface area contributed by atoms with Gasteiger partial charge in [0.25, 0.3) is 0 Å². The van der Waals surface area contributed by atoms with Crippen molar-refractivity contribution in [1.29, 1.82) is 0 Å². The third-order valence-electron chi connectivity index (χ3n) is 3.29. The number of rotatable bonds is 4. The number of nitrogens with zero attached hydrogens (tertiary/aromatic N) is 2. The molecular formula is C17H13ClN4O2. The Hall–Kier alpha value is -3.12. The Morgan fingerprint density at radius 2 is 2.17 bits per heavy atom. The first-order chi connectivity index (χ1) is 11.6. The molecule has 6 nitrogen and oxygen atoms in total. The number of anilines is 1. The smallest absolute Gasteiger partial charge is 0.248 e. The van der Waals surface area contributed by atoms with E-state index < -0.39 is 0 Å². The molecule has 0 unspecified atom stereocenters. The van der Waals surface area contributed by atoms with E-state index in [1.54, 1.807) is 36.9 Å². The summed E-state index contributed by atoms with van der Waals surface area (Å²) in [5.74, 6) is -0.424. The number of aromatic hydroxyl groups is 1. The van der Waals surface area contributed by atoms with Gasteiger partial charge in [-0.25, -0.2) is 0 Å². The maximum atomic E-state index is 12.0. The monoisotopic (exact) mass is 340 g/mol. The Balaban J connectivity index is 1.76. The van der Waals surface area contributed by atoms with Crippen molar-refractivity contribution in [2.75, 3.05) is 5.32 Å². The van der Waals surface area contributed by atoms with Crippen molar-refractivity contribution in [3.05, 3.63) is 65.7 Å². The second-order valence-electron chi connectivity index (χ2n) is 4.94. The number of nitrogens with one attached hydrogen (secondary N) is 2. The molecular weight excluding hydrogens is 328 g/mol. The molecule has 0 saturated heterocycles. The molecule has 3 rings (SSSR count). The molecule has 2 aromatic heterocycles. The second kappa shape index (κ2) is 6.97. The zero-order valence-electron chi connectivity index (χ0n) is 12.4. The fourth-order valence-corrected chi connectivity index (χ4v) is 2.26. The predicted octanol–water partition coefficient (Wildman–Crippen LogP) is 3.48. The molecule has 0 aliphatic carbocycles. The number of amides is 1. The molecule has 0 atom stereocenters. The molecule has 0 aliphatic heterocycles. The first-order valence-corrected chi connectivity index (χ1v) is 7.42. The Bertz CT molecular complexity index is 891. The summed E-state index contributed by atoms with van der Waals surface area (Å²) in [6.07, 6.45) is 9.87. The third-order valence-corrected chi connectivity index (χ3v) is 3.61. The number of aromatic amines is 1. The molecule has 7 heteroatoms. The van der Waals surface area contributed by atoms with Crippen LogP contribution < -0.4 is 5.32 Å². The van der Waals surface area contributed by atoms with Crippen molar-refractivity contribution in [1.82, 2.24) is 15.2 Å². The lowest BCUT2D eigenvalue weighted by Crippen LogP contribution is -2.07. The first-order valence-electron chi connectivity index (χ1n) is 7.04. The summed E-state index contributed by atoms with van der Waals surface area (Å²) in [7, 11) is 0. The number of H-pyrrole nitrogens is 1. The molecule has 0 saturated carbocycles. The molecule has 0 bridgehead atoms. The van der Waals surface area contributed by atoms with E-state index >= 15 is 0 Å². The van der Waals surface area contributed by atoms with E-state index in [-0.39, 0.29) is 16.7 Å². The van der Waals surface area contributed by atoms with Gasteiger partial charge in [-0.2, -0.15) is 5.10 Å². The average Bonchev–Trinajstić information content (AvgIpc) is 3.11. The maximum Gasteiger partial charge on any atom is 0.248 e. The number of phenols is 1. The van der Waals surface area contributed by atoms with Gasteiger partial charge in [0.05, 0.1) is 11.2 Å². The number of hydrogen-bond acceptors (Lipinski definition) is 4. The zero-order valence-corrected chi connectivity index (χ0v) is 13.2. The van der Waals surface area contributed by atoms with Gasteiger partial charge in [-0.3, -0.25) is 14.9 Å². The van der Waals surface area contributed by atoms with Gasteiger partial charge < -0.3 is 10.4 Å². The zero-order chi connectivity index (χ0) is 16.9. The van der Waals surface area contributed by atoms with Crippen molar-refractivity contribution in [3.8, 4) is 16.9 Å². The Kier molecular flexibility index (Phi) is 4.58. The summed E-state index contributed by atoms with van der Waals surface area (Å²) in [5.41, 5.74) is 3.05. The van der Waals surface area contributed by atoms with Crippen LogP contribution in [0.2, 0.25) is 5.02 Å². The summed E-state index contributed by atoms with van der Waals surface area (Å²) in [5, 5.41) is 19.1. The van der Waals surface area contributed by atoms with Crippen LogP contribution in [0.25, 0.3) is 17.2 Å². The molecule has 2 heterocycles. The summed E-state index contributed by atoms with van der Waals surface area (Å²) < 4.78 is 0. The molecule has 3 aromatic rings.